The molecule has 1 nitrogen and oxygen atoms in total. The molecule has 0 aliphatic carbocycles. The SMILES string of the molecule is CC(C)(C)N1CCC[C@H](c2ccc(F)cc2)C1. The molecule has 0 unspecified atom stereocenters. The maximum absolute atomic E-state index is 12.9. The molecule has 1 heterocycles. The molecule has 1 aliphatic heterocycles. The van der Waals surface area contributed by atoms with E-state index in [1.165, 1.54) is 24.9 Å². The highest BCUT2D eigenvalue weighted by Crippen LogP contribution is 2.30. The van der Waals surface area contributed by atoms with Gasteiger partial charge in [-0.25, -0.2) is 4.39 Å². The number of hydrogen-bond donors (Lipinski definition) is 0. The fraction of sp³-hybridized carbons (Fsp3) is 0.600. The van der Waals surface area contributed by atoms with Crippen molar-refractivity contribution in [1.82, 2.24) is 4.90 Å². The third kappa shape index (κ3) is 3.06. The Balaban J connectivity index is 2.09. The quantitative estimate of drug-likeness (QED) is 0.715. The molecule has 1 saturated heterocycles. The zero-order chi connectivity index (χ0) is 12.5. The number of piperidine rings is 1. The maximum Gasteiger partial charge on any atom is 0.123 e. The molecule has 0 bridgehead atoms. The van der Waals surface area contributed by atoms with Crippen molar-refractivity contribution in [3.8, 4) is 0 Å². The van der Waals surface area contributed by atoms with E-state index in [0.717, 1.165) is 6.54 Å². The fourth-order valence-electron chi connectivity index (χ4n) is 2.59. The summed E-state index contributed by atoms with van der Waals surface area (Å²) >= 11 is 0. The molecule has 1 aromatic rings. The number of likely N-dealkylation sites (tertiary alicyclic amines) is 1. The van der Waals surface area contributed by atoms with Crippen molar-refractivity contribution in [2.75, 3.05) is 13.1 Å². The van der Waals surface area contributed by atoms with Crippen molar-refractivity contribution in [2.24, 2.45) is 0 Å². The molecule has 1 aromatic carbocycles. The van der Waals surface area contributed by atoms with E-state index >= 15 is 0 Å². The van der Waals surface area contributed by atoms with Crippen molar-refractivity contribution < 1.29 is 4.39 Å². The van der Waals surface area contributed by atoms with Crippen molar-refractivity contribution in [3.63, 3.8) is 0 Å². The van der Waals surface area contributed by atoms with E-state index in [4.69, 9.17) is 0 Å². The molecular weight excluding hydrogens is 213 g/mol. The van der Waals surface area contributed by atoms with E-state index < -0.39 is 0 Å². The summed E-state index contributed by atoms with van der Waals surface area (Å²) in [6.45, 7) is 9.07. The van der Waals surface area contributed by atoms with E-state index in [-0.39, 0.29) is 11.4 Å². The second kappa shape index (κ2) is 4.77. The molecular formula is C15H22FN. The standard InChI is InChI=1S/C15H22FN/c1-15(2,3)17-10-4-5-13(11-17)12-6-8-14(16)9-7-12/h6-9,13H,4-5,10-11H2,1-3H3/t13-/m0/s1. The molecule has 17 heavy (non-hydrogen) atoms. The molecule has 0 radical (unpaired) electrons. The Morgan fingerprint density at radius 3 is 2.41 bits per heavy atom. The van der Waals surface area contributed by atoms with Crippen LogP contribution in [0.3, 0.4) is 0 Å². The van der Waals surface area contributed by atoms with Crippen molar-refractivity contribution >= 4 is 0 Å². The summed E-state index contributed by atoms with van der Waals surface area (Å²) in [6, 6.07) is 7.02. The van der Waals surface area contributed by atoms with E-state index in [1.54, 1.807) is 12.1 Å². The Labute approximate surface area is 104 Å². The second-order valence-electron chi connectivity index (χ2n) is 6.01. The average Bonchev–Trinajstić information content (AvgIpc) is 2.29. The van der Waals surface area contributed by atoms with Gasteiger partial charge < -0.3 is 0 Å². The van der Waals surface area contributed by atoms with Crippen LogP contribution in [0.25, 0.3) is 0 Å². The lowest BCUT2D eigenvalue weighted by Gasteiger charge is -2.41. The summed E-state index contributed by atoms with van der Waals surface area (Å²) in [7, 11) is 0. The van der Waals surface area contributed by atoms with Gasteiger partial charge in [-0.2, -0.15) is 0 Å². The average molecular weight is 235 g/mol. The molecule has 1 fully saturated rings. The number of nitrogens with zero attached hydrogens (tertiary/aromatic N) is 1. The Hall–Kier alpha value is -0.890. The van der Waals surface area contributed by atoms with Gasteiger partial charge in [-0.1, -0.05) is 12.1 Å². The Morgan fingerprint density at radius 2 is 1.82 bits per heavy atom. The molecule has 1 aliphatic rings. The topological polar surface area (TPSA) is 3.24 Å². The lowest BCUT2D eigenvalue weighted by Crippen LogP contribution is -2.46. The highest BCUT2D eigenvalue weighted by atomic mass is 19.1. The minimum absolute atomic E-state index is 0.141. The summed E-state index contributed by atoms with van der Waals surface area (Å²) in [5.74, 6) is 0.417. The molecule has 0 aromatic heterocycles. The van der Waals surface area contributed by atoms with Gasteiger partial charge in [0.1, 0.15) is 5.82 Å². The van der Waals surface area contributed by atoms with Crippen molar-refractivity contribution in [2.45, 2.75) is 45.1 Å². The highest BCUT2D eigenvalue weighted by Gasteiger charge is 2.28. The van der Waals surface area contributed by atoms with Gasteiger partial charge in [-0.3, -0.25) is 4.90 Å². The van der Waals surface area contributed by atoms with Crippen LogP contribution < -0.4 is 0 Å². The van der Waals surface area contributed by atoms with Gasteiger partial charge in [0.2, 0.25) is 0 Å². The van der Waals surface area contributed by atoms with Gasteiger partial charge in [-0.15, -0.1) is 0 Å². The number of halogens is 1. The minimum Gasteiger partial charge on any atom is -0.298 e. The first-order valence-corrected chi connectivity index (χ1v) is 6.47. The number of benzene rings is 1. The zero-order valence-electron chi connectivity index (χ0n) is 11.0. The third-order valence-corrected chi connectivity index (χ3v) is 3.71. The summed E-state index contributed by atoms with van der Waals surface area (Å²) in [4.78, 5) is 2.53. The van der Waals surface area contributed by atoms with Crippen LogP contribution in [0, 0.1) is 5.82 Å². The highest BCUT2D eigenvalue weighted by molar-refractivity contribution is 5.21. The predicted molar refractivity (Wildman–Crippen MR) is 69.7 cm³/mol. The largest absolute Gasteiger partial charge is 0.298 e. The first-order valence-electron chi connectivity index (χ1n) is 6.47. The van der Waals surface area contributed by atoms with Crippen LogP contribution >= 0.6 is 0 Å². The van der Waals surface area contributed by atoms with Gasteiger partial charge in [0.25, 0.3) is 0 Å². The normalized spacial score (nSPS) is 22.7. The minimum atomic E-state index is -0.141. The van der Waals surface area contributed by atoms with Crippen molar-refractivity contribution in [1.29, 1.82) is 0 Å². The molecule has 2 rings (SSSR count). The second-order valence-corrected chi connectivity index (χ2v) is 6.01. The fourth-order valence-corrected chi connectivity index (χ4v) is 2.59. The maximum atomic E-state index is 12.9. The molecule has 0 saturated carbocycles. The Morgan fingerprint density at radius 1 is 1.18 bits per heavy atom. The van der Waals surface area contributed by atoms with Crippen LogP contribution in [0.4, 0.5) is 4.39 Å². The van der Waals surface area contributed by atoms with E-state index in [2.05, 4.69) is 25.7 Å². The number of rotatable bonds is 1. The van der Waals surface area contributed by atoms with E-state index in [9.17, 15) is 4.39 Å². The molecule has 2 heteroatoms. The first-order chi connectivity index (χ1) is 7.97. The van der Waals surface area contributed by atoms with Gasteiger partial charge >= 0.3 is 0 Å². The Kier molecular flexibility index (Phi) is 3.53. The van der Waals surface area contributed by atoms with Crippen molar-refractivity contribution in [3.05, 3.63) is 35.6 Å². The van der Waals surface area contributed by atoms with Crippen LogP contribution in [0.1, 0.15) is 45.1 Å². The molecule has 94 valence electrons. The van der Waals surface area contributed by atoms with E-state index in [1.807, 2.05) is 12.1 Å². The first kappa shape index (κ1) is 12.6. The summed E-state index contributed by atoms with van der Waals surface area (Å²) in [5.41, 5.74) is 1.51. The van der Waals surface area contributed by atoms with Crippen LogP contribution in [0.15, 0.2) is 24.3 Å². The lowest BCUT2D eigenvalue weighted by atomic mass is 9.88. The van der Waals surface area contributed by atoms with E-state index in [0.29, 0.717) is 5.92 Å². The molecule has 0 spiro atoms. The van der Waals surface area contributed by atoms with Gasteiger partial charge in [0.15, 0.2) is 0 Å². The summed E-state index contributed by atoms with van der Waals surface area (Å²) < 4.78 is 12.9. The number of hydrogen-bond acceptors (Lipinski definition) is 1. The summed E-state index contributed by atoms with van der Waals surface area (Å²) in [6.07, 6.45) is 2.46. The van der Waals surface area contributed by atoms with Gasteiger partial charge in [0.05, 0.1) is 0 Å². The Bertz CT molecular complexity index is 364. The van der Waals surface area contributed by atoms with Crippen LogP contribution in [0.5, 0.6) is 0 Å². The lowest BCUT2D eigenvalue weighted by molar-refractivity contribution is 0.0986. The smallest absolute Gasteiger partial charge is 0.123 e. The van der Waals surface area contributed by atoms with Crippen LogP contribution in [-0.4, -0.2) is 23.5 Å². The summed E-state index contributed by atoms with van der Waals surface area (Å²) in [5, 5.41) is 0. The van der Waals surface area contributed by atoms with Gasteiger partial charge in [0, 0.05) is 12.1 Å². The predicted octanol–water partition coefficient (Wildman–Crippen LogP) is 3.80. The molecule has 0 N–H and O–H groups in total. The molecule has 0 amide bonds. The third-order valence-electron chi connectivity index (χ3n) is 3.71. The monoisotopic (exact) mass is 235 g/mol. The van der Waals surface area contributed by atoms with Crippen LogP contribution in [0.2, 0.25) is 0 Å². The van der Waals surface area contributed by atoms with Gasteiger partial charge in [-0.05, 0) is 63.8 Å². The van der Waals surface area contributed by atoms with Crippen LogP contribution in [-0.2, 0) is 0 Å². The zero-order valence-corrected chi connectivity index (χ0v) is 11.0. The molecule has 1 atom stereocenters.